The summed E-state index contributed by atoms with van der Waals surface area (Å²) < 4.78 is 8.75. The van der Waals surface area contributed by atoms with Crippen LogP contribution in [-0.2, 0) is 28.7 Å². The van der Waals surface area contributed by atoms with Gasteiger partial charge in [-0.15, -0.1) is 0 Å². The summed E-state index contributed by atoms with van der Waals surface area (Å²) in [7, 11) is 2.67. The minimum absolute atomic E-state index is 0.0950. The quantitative estimate of drug-likeness (QED) is 0.598. The number of carbonyl (C=O) groups is 4. The molecule has 0 aliphatic carbocycles. The van der Waals surface area contributed by atoms with Gasteiger partial charge in [0.2, 0.25) is 5.91 Å². The fourth-order valence-electron chi connectivity index (χ4n) is 1.08. The average molecular weight is 336 g/mol. The van der Waals surface area contributed by atoms with E-state index < -0.39 is 5.97 Å². The molecule has 0 saturated heterocycles. The number of hydrogen-bond acceptors (Lipinski definition) is 7. The Morgan fingerprint density at radius 2 is 1.35 bits per heavy atom. The molecule has 4 N–H and O–H groups in total. The number of esters is 2. The van der Waals surface area contributed by atoms with E-state index in [2.05, 4.69) is 14.8 Å². The van der Waals surface area contributed by atoms with Gasteiger partial charge in [0, 0.05) is 25.9 Å². The lowest BCUT2D eigenvalue weighted by Gasteiger charge is -2.09. The SMILES string of the molecule is CC(=O)O.COC(=O)CC(C)N.COC(=O)CC(C)NC(C)=O. The van der Waals surface area contributed by atoms with Gasteiger partial charge in [-0.05, 0) is 13.8 Å². The standard InChI is InChI=1S/C7H13NO3.C5H11NO2.C2H4O2/c1-5(8-6(2)9)4-7(10)11-3;1-4(6)3-5(7)8-2;1-2(3)4/h5H,4H2,1-3H3,(H,8,9);4H,3,6H2,1-2H3;1H3,(H,3,4). The lowest BCUT2D eigenvalue weighted by Crippen LogP contribution is -2.32. The average Bonchev–Trinajstić information content (AvgIpc) is 2.36. The largest absolute Gasteiger partial charge is 0.481 e. The van der Waals surface area contributed by atoms with Gasteiger partial charge in [0.1, 0.15) is 0 Å². The van der Waals surface area contributed by atoms with Gasteiger partial charge in [-0.2, -0.15) is 0 Å². The second-order valence-corrected chi connectivity index (χ2v) is 4.66. The fourth-order valence-corrected chi connectivity index (χ4v) is 1.08. The summed E-state index contributed by atoms with van der Waals surface area (Å²) in [4.78, 5) is 40.4. The summed E-state index contributed by atoms with van der Waals surface area (Å²) in [6.07, 6.45) is 0.520. The lowest BCUT2D eigenvalue weighted by molar-refractivity contribution is -0.142. The van der Waals surface area contributed by atoms with Crippen LogP contribution in [0.15, 0.2) is 0 Å². The van der Waals surface area contributed by atoms with Crippen molar-refractivity contribution in [1.29, 1.82) is 0 Å². The highest BCUT2D eigenvalue weighted by Crippen LogP contribution is 1.91. The first-order chi connectivity index (χ1) is 10.5. The lowest BCUT2D eigenvalue weighted by atomic mass is 10.2. The van der Waals surface area contributed by atoms with Crippen molar-refractivity contribution in [2.24, 2.45) is 5.73 Å². The summed E-state index contributed by atoms with van der Waals surface area (Å²) in [5.41, 5.74) is 5.27. The number of carbonyl (C=O) groups excluding carboxylic acids is 3. The van der Waals surface area contributed by atoms with E-state index in [-0.39, 0.29) is 36.4 Å². The van der Waals surface area contributed by atoms with Crippen LogP contribution in [0.1, 0.15) is 40.5 Å². The van der Waals surface area contributed by atoms with Crippen molar-refractivity contribution in [2.45, 2.75) is 52.6 Å². The predicted octanol–water partition coefficient (Wildman–Crippen LogP) is 0.0617. The van der Waals surface area contributed by atoms with E-state index in [0.29, 0.717) is 6.42 Å². The first-order valence-corrected chi connectivity index (χ1v) is 6.82. The Hall–Kier alpha value is -2.16. The topological polar surface area (TPSA) is 145 Å². The maximum absolute atomic E-state index is 10.6. The molecule has 9 heteroatoms. The summed E-state index contributed by atoms with van der Waals surface area (Å²) in [5.74, 6) is -1.53. The minimum atomic E-state index is -0.833. The Kier molecular flexibility index (Phi) is 18.2. The summed E-state index contributed by atoms with van der Waals surface area (Å²) in [6.45, 7) is 6.00. The molecular weight excluding hydrogens is 308 g/mol. The third-order valence-corrected chi connectivity index (χ3v) is 1.87. The minimum Gasteiger partial charge on any atom is -0.481 e. The third kappa shape index (κ3) is 33.0. The van der Waals surface area contributed by atoms with Crippen LogP contribution in [0.5, 0.6) is 0 Å². The van der Waals surface area contributed by atoms with Crippen LogP contribution >= 0.6 is 0 Å². The molecule has 0 aliphatic heterocycles. The van der Waals surface area contributed by atoms with Crippen LogP contribution in [0.25, 0.3) is 0 Å². The maximum atomic E-state index is 10.6. The Bertz CT molecular complexity index is 366. The van der Waals surface area contributed by atoms with Gasteiger partial charge in [0.15, 0.2) is 0 Å². The molecule has 0 radical (unpaired) electrons. The molecule has 0 aromatic carbocycles. The molecule has 1 amide bonds. The van der Waals surface area contributed by atoms with E-state index in [4.69, 9.17) is 15.6 Å². The predicted molar refractivity (Wildman–Crippen MR) is 83.5 cm³/mol. The number of carboxylic acids is 1. The van der Waals surface area contributed by atoms with E-state index in [9.17, 15) is 14.4 Å². The van der Waals surface area contributed by atoms with E-state index in [0.717, 1.165) is 6.92 Å². The summed E-state index contributed by atoms with van der Waals surface area (Å²) in [6, 6.07) is -0.248. The van der Waals surface area contributed by atoms with E-state index in [1.807, 2.05) is 0 Å². The van der Waals surface area contributed by atoms with Gasteiger partial charge in [-0.25, -0.2) is 0 Å². The van der Waals surface area contributed by atoms with Crippen molar-refractivity contribution in [2.75, 3.05) is 14.2 Å². The molecule has 136 valence electrons. The first kappa shape index (κ1) is 25.8. The molecule has 2 unspecified atom stereocenters. The molecule has 0 saturated carbocycles. The van der Waals surface area contributed by atoms with Gasteiger partial charge in [0.05, 0.1) is 27.1 Å². The highest BCUT2D eigenvalue weighted by molar-refractivity contribution is 5.75. The van der Waals surface area contributed by atoms with Crippen LogP contribution < -0.4 is 11.1 Å². The zero-order chi connectivity index (χ0) is 19.0. The van der Waals surface area contributed by atoms with Gasteiger partial charge in [0.25, 0.3) is 5.97 Å². The first-order valence-electron chi connectivity index (χ1n) is 6.82. The number of methoxy groups -OCH3 is 2. The van der Waals surface area contributed by atoms with Crippen LogP contribution in [0.2, 0.25) is 0 Å². The fraction of sp³-hybridized carbons (Fsp3) is 0.714. The molecule has 0 aliphatic rings. The second-order valence-electron chi connectivity index (χ2n) is 4.66. The van der Waals surface area contributed by atoms with E-state index >= 15 is 0 Å². The van der Waals surface area contributed by atoms with Gasteiger partial charge in [-0.3, -0.25) is 19.2 Å². The number of rotatable bonds is 5. The van der Waals surface area contributed by atoms with Crippen LogP contribution in [0.4, 0.5) is 0 Å². The smallest absolute Gasteiger partial charge is 0.307 e. The Morgan fingerprint density at radius 1 is 1.00 bits per heavy atom. The third-order valence-electron chi connectivity index (χ3n) is 1.87. The zero-order valence-corrected chi connectivity index (χ0v) is 14.5. The highest BCUT2D eigenvalue weighted by atomic mass is 16.5. The zero-order valence-electron chi connectivity index (χ0n) is 14.5. The van der Waals surface area contributed by atoms with Gasteiger partial charge >= 0.3 is 11.9 Å². The van der Waals surface area contributed by atoms with Crippen molar-refractivity contribution < 1.29 is 33.8 Å². The van der Waals surface area contributed by atoms with Crippen molar-refractivity contribution in [1.82, 2.24) is 5.32 Å². The number of amides is 1. The van der Waals surface area contributed by atoms with E-state index in [1.165, 1.54) is 21.1 Å². The molecule has 0 fully saturated rings. The molecule has 0 aromatic heterocycles. The van der Waals surface area contributed by atoms with Crippen molar-refractivity contribution in [3.05, 3.63) is 0 Å². The second kappa shape index (κ2) is 16.2. The molecule has 0 bridgehead atoms. The van der Waals surface area contributed by atoms with Crippen LogP contribution in [0.3, 0.4) is 0 Å². The Morgan fingerprint density at radius 3 is 1.57 bits per heavy atom. The monoisotopic (exact) mass is 336 g/mol. The Labute approximate surface area is 136 Å². The summed E-state index contributed by atoms with van der Waals surface area (Å²) in [5, 5.41) is 9.98. The number of hydrogen-bond donors (Lipinski definition) is 3. The number of aliphatic carboxylic acids is 1. The number of carboxylic acid groups (broad SMARTS) is 1. The Balaban J connectivity index is -0.000000292. The van der Waals surface area contributed by atoms with Crippen LogP contribution in [0, 0.1) is 0 Å². The molecule has 2 atom stereocenters. The van der Waals surface area contributed by atoms with Gasteiger partial charge < -0.3 is 25.6 Å². The normalized spacial score (nSPS) is 11.3. The molecular formula is C14H28N2O7. The molecule has 0 heterocycles. The highest BCUT2D eigenvalue weighted by Gasteiger charge is 2.08. The molecule has 0 rings (SSSR count). The maximum Gasteiger partial charge on any atom is 0.307 e. The molecule has 0 spiro atoms. The van der Waals surface area contributed by atoms with Crippen molar-refractivity contribution in [3.8, 4) is 0 Å². The molecule has 9 nitrogen and oxygen atoms in total. The van der Waals surface area contributed by atoms with Crippen molar-refractivity contribution >= 4 is 23.8 Å². The van der Waals surface area contributed by atoms with E-state index in [1.54, 1.807) is 13.8 Å². The van der Waals surface area contributed by atoms with Gasteiger partial charge in [-0.1, -0.05) is 0 Å². The summed E-state index contributed by atoms with van der Waals surface area (Å²) >= 11 is 0. The molecule has 0 aromatic rings. The van der Waals surface area contributed by atoms with Crippen molar-refractivity contribution in [3.63, 3.8) is 0 Å². The number of ether oxygens (including phenoxy) is 2. The number of nitrogens with two attached hydrogens (primary N) is 1. The molecule has 23 heavy (non-hydrogen) atoms. The number of nitrogens with one attached hydrogen (secondary N) is 1. The van der Waals surface area contributed by atoms with Crippen LogP contribution in [-0.4, -0.2) is 55.2 Å².